The van der Waals surface area contributed by atoms with E-state index < -0.39 is 0 Å². The monoisotopic (exact) mass is 334 g/mol. The molecule has 5 nitrogen and oxygen atoms in total. The molecule has 0 saturated heterocycles. The standard InChI is InChI=1S/C20H22N4O/c1-14-7-6-9-17(11-14)23-19-12-15(2)22-20(24-19)21-13-16-8-4-5-10-18(16)25-3/h4-12H,13H2,1-3H3,(H2,21,22,23,24). The van der Waals surface area contributed by atoms with E-state index in [-0.39, 0.29) is 0 Å². The van der Waals surface area contributed by atoms with Gasteiger partial charge in [0.25, 0.3) is 0 Å². The third-order valence-electron chi connectivity index (χ3n) is 3.77. The van der Waals surface area contributed by atoms with E-state index in [4.69, 9.17) is 4.74 Å². The van der Waals surface area contributed by atoms with Crippen molar-refractivity contribution in [3.8, 4) is 5.75 Å². The molecule has 0 amide bonds. The number of hydrogen-bond donors (Lipinski definition) is 2. The topological polar surface area (TPSA) is 59.1 Å². The summed E-state index contributed by atoms with van der Waals surface area (Å²) in [5.41, 5.74) is 4.16. The highest BCUT2D eigenvalue weighted by Gasteiger charge is 2.05. The van der Waals surface area contributed by atoms with Crippen LogP contribution >= 0.6 is 0 Å². The first-order valence-electron chi connectivity index (χ1n) is 8.19. The number of benzene rings is 2. The molecule has 25 heavy (non-hydrogen) atoms. The van der Waals surface area contributed by atoms with Crippen molar-refractivity contribution < 1.29 is 4.74 Å². The van der Waals surface area contributed by atoms with E-state index >= 15 is 0 Å². The summed E-state index contributed by atoms with van der Waals surface area (Å²) in [5, 5.41) is 6.60. The van der Waals surface area contributed by atoms with E-state index in [9.17, 15) is 0 Å². The number of methoxy groups -OCH3 is 1. The van der Waals surface area contributed by atoms with Gasteiger partial charge in [-0.3, -0.25) is 0 Å². The zero-order valence-electron chi connectivity index (χ0n) is 14.7. The Balaban J connectivity index is 1.75. The van der Waals surface area contributed by atoms with Crippen LogP contribution in [0.2, 0.25) is 0 Å². The Kier molecular flexibility index (Phi) is 5.14. The first-order valence-corrected chi connectivity index (χ1v) is 8.19. The Hall–Kier alpha value is -3.08. The Morgan fingerprint density at radius 2 is 1.80 bits per heavy atom. The summed E-state index contributed by atoms with van der Waals surface area (Å²) < 4.78 is 5.38. The normalized spacial score (nSPS) is 10.4. The van der Waals surface area contributed by atoms with Gasteiger partial charge in [0.2, 0.25) is 5.95 Å². The van der Waals surface area contributed by atoms with Gasteiger partial charge in [-0.25, -0.2) is 4.98 Å². The van der Waals surface area contributed by atoms with E-state index in [2.05, 4.69) is 39.7 Å². The first-order chi connectivity index (χ1) is 12.1. The molecule has 5 heteroatoms. The third-order valence-corrected chi connectivity index (χ3v) is 3.77. The summed E-state index contributed by atoms with van der Waals surface area (Å²) in [7, 11) is 1.67. The van der Waals surface area contributed by atoms with E-state index in [1.54, 1.807) is 7.11 Å². The van der Waals surface area contributed by atoms with Gasteiger partial charge in [-0.15, -0.1) is 0 Å². The quantitative estimate of drug-likeness (QED) is 0.697. The molecule has 0 atom stereocenters. The number of para-hydroxylation sites is 1. The van der Waals surface area contributed by atoms with Crippen molar-refractivity contribution in [3.05, 3.63) is 71.4 Å². The molecule has 1 heterocycles. The Bertz CT molecular complexity index is 864. The lowest BCUT2D eigenvalue weighted by Gasteiger charge is -2.12. The molecule has 0 radical (unpaired) electrons. The Morgan fingerprint density at radius 1 is 0.960 bits per heavy atom. The summed E-state index contributed by atoms with van der Waals surface area (Å²) in [5.74, 6) is 2.20. The molecule has 0 bridgehead atoms. The molecule has 3 aromatic rings. The SMILES string of the molecule is COc1ccccc1CNc1nc(C)cc(Nc2cccc(C)c2)n1. The molecule has 0 fully saturated rings. The molecule has 0 unspecified atom stereocenters. The van der Waals surface area contributed by atoms with Crippen molar-refractivity contribution in [1.29, 1.82) is 0 Å². The fourth-order valence-electron chi connectivity index (χ4n) is 2.61. The molecule has 128 valence electrons. The molecule has 2 aromatic carbocycles. The lowest BCUT2D eigenvalue weighted by atomic mass is 10.2. The van der Waals surface area contributed by atoms with Gasteiger partial charge in [-0.1, -0.05) is 30.3 Å². The maximum atomic E-state index is 5.38. The second-order valence-electron chi connectivity index (χ2n) is 5.88. The highest BCUT2D eigenvalue weighted by Crippen LogP contribution is 2.20. The number of nitrogens with zero attached hydrogens (tertiary/aromatic N) is 2. The molecule has 3 rings (SSSR count). The van der Waals surface area contributed by atoms with Crippen molar-refractivity contribution in [2.75, 3.05) is 17.7 Å². The number of hydrogen-bond acceptors (Lipinski definition) is 5. The molecule has 0 aliphatic heterocycles. The fraction of sp³-hybridized carbons (Fsp3) is 0.200. The third kappa shape index (κ3) is 4.47. The maximum absolute atomic E-state index is 5.38. The Labute approximate surface area is 148 Å². The van der Waals surface area contributed by atoms with Crippen LogP contribution in [0.3, 0.4) is 0 Å². The molecule has 0 aliphatic rings. The summed E-state index contributed by atoms with van der Waals surface area (Å²) in [6.07, 6.45) is 0. The van der Waals surface area contributed by atoms with Crippen molar-refractivity contribution in [1.82, 2.24) is 9.97 Å². The van der Waals surface area contributed by atoms with Gasteiger partial charge in [0.15, 0.2) is 0 Å². The summed E-state index contributed by atoms with van der Waals surface area (Å²) in [6, 6.07) is 18.0. The molecule has 0 saturated carbocycles. The maximum Gasteiger partial charge on any atom is 0.225 e. The van der Waals surface area contributed by atoms with Crippen LogP contribution in [-0.4, -0.2) is 17.1 Å². The number of aromatic nitrogens is 2. The first kappa shape index (κ1) is 16.8. The minimum atomic E-state index is 0.584. The van der Waals surface area contributed by atoms with Gasteiger partial charge >= 0.3 is 0 Å². The summed E-state index contributed by atoms with van der Waals surface area (Å²) in [6.45, 7) is 4.62. The van der Waals surface area contributed by atoms with Crippen LogP contribution in [0.4, 0.5) is 17.5 Å². The average Bonchev–Trinajstić information content (AvgIpc) is 2.60. The minimum Gasteiger partial charge on any atom is -0.496 e. The fourth-order valence-corrected chi connectivity index (χ4v) is 2.61. The number of aryl methyl sites for hydroxylation is 2. The van der Waals surface area contributed by atoms with Crippen molar-refractivity contribution in [2.45, 2.75) is 20.4 Å². The Morgan fingerprint density at radius 3 is 2.60 bits per heavy atom. The van der Waals surface area contributed by atoms with Crippen LogP contribution in [0.25, 0.3) is 0 Å². The zero-order chi connectivity index (χ0) is 17.6. The molecule has 0 spiro atoms. The van der Waals surface area contributed by atoms with E-state index in [0.29, 0.717) is 12.5 Å². The minimum absolute atomic E-state index is 0.584. The van der Waals surface area contributed by atoms with Crippen LogP contribution in [0, 0.1) is 13.8 Å². The predicted molar refractivity (Wildman–Crippen MR) is 102 cm³/mol. The van der Waals surface area contributed by atoms with Crippen LogP contribution in [0.5, 0.6) is 5.75 Å². The van der Waals surface area contributed by atoms with Crippen LogP contribution in [0.15, 0.2) is 54.6 Å². The second-order valence-corrected chi connectivity index (χ2v) is 5.88. The average molecular weight is 334 g/mol. The molecule has 1 aromatic heterocycles. The lowest BCUT2D eigenvalue weighted by Crippen LogP contribution is -2.07. The predicted octanol–water partition coefficient (Wildman–Crippen LogP) is 4.46. The van der Waals surface area contributed by atoms with Gasteiger partial charge < -0.3 is 15.4 Å². The highest BCUT2D eigenvalue weighted by atomic mass is 16.5. The largest absolute Gasteiger partial charge is 0.496 e. The number of anilines is 3. The number of nitrogens with one attached hydrogen (secondary N) is 2. The molecule has 2 N–H and O–H groups in total. The zero-order valence-corrected chi connectivity index (χ0v) is 14.7. The molecular formula is C20H22N4O. The van der Waals surface area contributed by atoms with Crippen molar-refractivity contribution in [3.63, 3.8) is 0 Å². The van der Waals surface area contributed by atoms with Gasteiger partial charge in [-0.2, -0.15) is 4.98 Å². The van der Waals surface area contributed by atoms with E-state index in [0.717, 1.165) is 28.5 Å². The van der Waals surface area contributed by atoms with E-state index in [1.807, 2.05) is 49.4 Å². The number of ether oxygens (including phenoxy) is 1. The van der Waals surface area contributed by atoms with Crippen LogP contribution < -0.4 is 15.4 Å². The van der Waals surface area contributed by atoms with Gasteiger partial charge in [-0.05, 0) is 37.6 Å². The summed E-state index contributed by atoms with van der Waals surface area (Å²) in [4.78, 5) is 9.02. The van der Waals surface area contributed by atoms with E-state index in [1.165, 1.54) is 5.56 Å². The smallest absolute Gasteiger partial charge is 0.225 e. The second kappa shape index (κ2) is 7.66. The van der Waals surface area contributed by atoms with Crippen LogP contribution in [-0.2, 0) is 6.54 Å². The highest BCUT2D eigenvalue weighted by molar-refractivity contribution is 5.58. The van der Waals surface area contributed by atoms with Gasteiger partial charge in [0.05, 0.1) is 7.11 Å². The van der Waals surface area contributed by atoms with Gasteiger partial charge in [0.1, 0.15) is 11.6 Å². The molecular weight excluding hydrogens is 312 g/mol. The molecule has 0 aliphatic carbocycles. The number of rotatable bonds is 6. The van der Waals surface area contributed by atoms with Crippen molar-refractivity contribution in [2.24, 2.45) is 0 Å². The summed E-state index contributed by atoms with van der Waals surface area (Å²) >= 11 is 0. The van der Waals surface area contributed by atoms with Crippen molar-refractivity contribution >= 4 is 17.5 Å². The van der Waals surface area contributed by atoms with Crippen LogP contribution in [0.1, 0.15) is 16.8 Å². The lowest BCUT2D eigenvalue weighted by molar-refractivity contribution is 0.410. The van der Waals surface area contributed by atoms with Gasteiger partial charge in [0, 0.05) is 29.6 Å².